The van der Waals surface area contributed by atoms with E-state index in [-0.39, 0.29) is 18.5 Å². The topological polar surface area (TPSA) is 78.4 Å². The van der Waals surface area contributed by atoms with Gasteiger partial charge in [0.2, 0.25) is 5.91 Å². The van der Waals surface area contributed by atoms with Crippen LogP contribution in [0.4, 0.5) is 0 Å². The zero-order valence-electron chi connectivity index (χ0n) is 9.74. The summed E-state index contributed by atoms with van der Waals surface area (Å²) in [6.07, 6.45) is 8.29. The fraction of sp³-hybridized carbons (Fsp3) is 0.667. The Kier molecular flexibility index (Phi) is 5.50. The van der Waals surface area contributed by atoms with Crippen molar-refractivity contribution in [3.05, 3.63) is 0 Å². The fourth-order valence-corrected chi connectivity index (χ4v) is 2.11. The molecule has 1 amide bonds. The van der Waals surface area contributed by atoms with E-state index in [1.165, 1.54) is 0 Å². The number of hydrogen-bond acceptors (Lipinski definition) is 3. The number of carboxylic acid groups (broad SMARTS) is 1. The number of amides is 1. The molecule has 1 fully saturated rings. The highest BCUT2D eigenvalue weighted by Crippen LogP contribution is 2.24. The van der Waals surface area contributed by atoms with Crippen molar-refractivity contribution in [2.75, 3.05) is 13.1 Å². The fourth-order valence-electron chi connectivity index (χ4n) is 2.11. The molecule has 2 atom stereocenters. The minimum atomic E-state index is -0.827. The number of rotatable bonds is 5. The van der Waals surface area contributed by atoms with Gasteiger partial charge in [0.25, 0.3) is 0 Å². The molecular weight excluding hydrogens is 220 g/mol. The molecule has 5 heteroatoms. The largest absolute Gasteiger partial charge is 0.481 e. The quantitative estimate of drug-likeness (QED) is 0.464. The molecule has 3 N–H and O–H groups in total. The van der Waals surface area contributed by atoms with Crippen molar-refractivity contribution in [3.8, 4) is 12.3 Å². The first kappa shape index (κ1) is 13.5. The van der Waals surface area contributed by atoms with E-state index in [2.05, 4.69) is 16.6 Å². The van der Waals surface area contributed by atoms with Gasteiger partial charge in [0.1, 0.15) is 0 Å². The molecule has 17 heavy (non-hydrogen) atoms. The smallest absolute Gasteiger partial charge is 0.308 e. The molecule has 0 radical (unpaired) electrons. The molecule has 0 saturated heterocycles. The van der Waals surface area contributed by atoms with Crippen LogP contribution in [0.3, 0.4) is 0 Å². The van der Waals surface area contributed by atoms with Crippen LogP contribution in [0.15, 0.2) is 0 Å². The third-order valence-corrected chi connectivity index (χ3v) is 2.94. The zero-order valence-corrected chi connectivity index (χ0v) is 9.74. The summed E-state index contributed by atoms with van der Waals surface area (Å²) < 4.78 is 0. The Morgan fingerprint density at radius 3 is 2.71 bits per heavy atom. The summed E-state index contributed by atoms with van der Waals surface area (Å²) >= 11 is 0. The van der Waals surface area contributed by atoms with Crippen LogP contribution < -0.4 is 10.6 Å². The highest BCUT2D eigenvalue weighted by atomic mass is 16.4. The Balaban J connectivity index is 2.39. The minimum Gasteiger partial charge on any atom is -0.481 e. The van der Waals surface area contributed by atoms with Crippen molar-refractivity contribution in [3.63, 3.8) is 0 Å². The second kappa shape index (κ2) is 6.92. The third kappa shape index (κ3) is 4.45. The summed E-state index contributed by atoms with van der Waals surface area (Å²) in [4.78, 5) is 22.5. The van der Waals surface area contributed by atoms with Crippen molar-refractivity contribution in [2.45, 2.75) is 31.7 Å². The van der Waals surface area contributed by atoms with E-state index in [9.17, 15) is 9.59 Å². The van der Waals surface area contributed by atoms with Gasteiger partial charge in [-0.05, 0) is 12.8 Å². The summed E-state index contributed by atoms with van der Waals surface area (Å²) in [5.41, 5.74) is 0. The third-order valence-electron chi connectivity index (χ3n) is 2.94. The lowest BCUT2D eigenvalue weighted by atomic mass is 9.84. The van der Waals surface area contributed by atoms with Gasteiger partial charge in [0.15, 0.2) is 0 Å². The molecule has 5 nitrogen and oxygen atoms in total. The maximum absolute atomic E-state index is 11.5. The summed E-state index contributed by atoms with van der Waals surface area (Å²) in [5, 5.41) is 14.6. The Hall–Kier alpha value is -1.54. The normalized spacial score (nSPS) is 23.7. The number of hydrogen-bond donors (Lipinski definition) is 3. The van der Waals surface area contributed by atoms with Crippen LogP contribution in [-0.4, -0.2) is 36.1 Å². The van der Waals surface area contributed by atoms with Crippen LogP contribution >= 0.6 is 0 Å². The van der Waals surface area contributed by atoms with Crippen molar-refractivity contribution in [1.82, 2.24) is 10.6 Å². The first-order valence-corrected chi connectivity index (χ1v) is 5.81. The van der Waals surface area contributed by atoms with Crippen LogP contribution in [0.2, 0.25) is 0 Å². The van der Waals surface area contributed by atoms with Crippen LogP contribution in [0, 0.1) is 18.3 Å². The van der Waals surface area contributed by atoms with E-state index >= 15 is 0 Å². The Bertz CT molecular complexity index is 322. The molecule has 0 aromatic rings. The van der Waals surface area contributed by atoms with E-state index in [4.69, 9.17) is 11.5 Å². The molecule has 94 valence electrons. The number of aliphatic carboxylic acids is 1. The SMILES string of the molecule is C#CCNCC(=O)NC1CCCCC1C(=O)O. The molecule has 0 spiro atoms. The number of nitrogens with one attached hydrogen (secondary N) is 2. The van der Waals surface area contributed by atoms with Crippen LogP contribution in [-0.2, 0) is 9.59 Å². The number of carbonyl (C=O) groups excluding carboxylic acids is 1. The molecule has 0 aromatic heterocycles. The lowest BCUT2D eigenvalue weighted by Gasteiger charge is -2.29. The molecule has 1 aliphatic rings. The van der Waals surface area contributed by atoms with Gasteiger partial charge in [-0.2, -0.15) is 0 Å². The van der Waals surface area contributed by atoms with Gasteiger partial charge in [0.05, 0.1) is 19.0 Å². The summed E-state index contributed by atoms with van der Waals surface area (Å²) in [6, 6.07) is -0.249. The van der Waals surface area contributed by atoms with Crippen LogP contribution in [0.1, 0.15) is 25.7 Å². The van der Waals surface area contributed by atoms with Gasteiger partial charge in [0, 0.05) is 6.04 Å². The molecule has 0 heterocycles. The lowest BCUT2D eigenvalue weighted by molar-refractivity contribution is -0.144. The number of terminal acetylenes is 1. The highest BCUT2D eigenvalue weighted by molar-refractivity contribution is 5.79. The Morgan fingerprint density at radius 1 is 1.35 bits per heavy atom. The molecule has 0 aromatic carbocycles. The monoisotopic (exact) mass is 238 g/mol. The Morgan fingerprint density at radius 2 is 2.06 bits per heavy atom. The van der Waals surface area contributed by atoms with Crippen LogP contribution in [0.5, 0.6) is 0 Å². The van der Waals surface area contributed by atoms with Gasteiger partial charge in [-0.25, -0.2) is 0 Å². The second-order valence-electron chi connectivity index (χ2n) is 4.21. The van der Waals surface area contributed by atoms with Crippen molar-refractivity contribution < 1.29 is 14.7 Å². The van der Waals surface area contributed by atoms with E-state index in [0.29, 0.717) is 13.0 Å². The van der Waals surface area contributed by atoms with E-state index in [1.807, 2.05) is 0 Å². The van der Waals surface area contributed by atoms with Gasteiger partial charge in [-0.3, -0.25) is 14.9 Å². The summed E-state index contributed by atoms with van der Waals surface area (Å²) in [5.74, 6) is 0.887. The minimum absolute atomic E-state index is 0.132. The average Bonchev–Trinajstić information content (AvgIpc) is 2.29. The highest BCUT2D eigenvalue weighted by Gasteiger charge is 2.31. The number of carbonyl (C=O) groups is 2. The van der Waals surface area contributed by atoms with Gasteiger partial charge < -0.3 is 10.4 Å². The van der Waals surface area contributed by atoms with E-state index < -0.39 is 11.9 Å². The van der Waals surface area contributed by atoms with Crippen molar-refractivity contribution in [1.29, 1.82) is 0 Å². The Labute approximate surface area is 101 Å². The van der Waals surface area contributed by atoms with Gasteiger partial charge in [-0.1, -0.05) is 18.8 Å². The predicted molar refractivity (Wildman–Crippen MR) is 63.2 cm³/mol. The summed E-state index contributed by atoms with van der Waals surface area (Å²) in [6.45, 7) is 0.466. The molecule has 1 aliphatic carbocycles. The standard InChI is InChI=1S/C12H18N2O3/c1-2-7-13-8-11(15)14-10-6-4-3-5-9(10)12(16)17/h1,9-10,13H,3-8H2,(H,14,15)(H,16,17). The predicted octanol–water partition coefficient (Wildman–Crippen LogP) is -0.0312. The van der Waals surface area contributed by atoms with Crippen LogP contribution in [0.25, 0.3) is 0 Å². The molecular formula is C12H18N2O3. The van der Waals surface area contributed by atoms with Gasteiger partial charge in [-0.15, -0.1) is 6.42 Å². The van der Waals surface area contributed by atoms with E-state index in [0.717, 1.165) is 19.3 Å². The van der Waals surface area contributed by atoms with E-state index in [1.54, 1.807) is 0 Å². The maximum atomic E-state index is 11.5. The summed E-state index contributed by atoms with van der Waals surface area (Å²) in [7, 11) is 0. The maximum Gasteiger partial charge on any atom is 0.308 e. The zero-order chi connectivity index (χ0) is 12.7. The number of carboxylic acids is 1. The second-order valence-corrected chi connectivity index (χ2v) is 4.21. The lowest BCUT2D eigenvalue weighted by Crippen LogP contribution is -2.47. The molecule has 0 aliphatic heterocycles. The molecule has 1 rings (SSSR count). The first-order valence-electron chi connectivity index (χ1n) is 5.81. The molecule has 2 unspecified atom stereocenters. The average molecular weight is 238 g/mol. The molecule has 1 saturated carbocycles. The van der Waals surface area contributed by atoms with Crippen molar-refractivity contribution in [2.24, 2.45) is 5.92 Å². The van der Waals surface area contributed by atoms with Gasteiger partial charge >= 0.3 is 5.97 Å². The van der Waals surface area contributed by atoms with Crippen molar-refractivity contribution >= 4 is 11.9 Å². The first-order chi connectivity index (χ1) is 8.15. The molecule has 0 bridgehead atoms.